The highest BCUT2D eigenvalue weighted by molar-refractivity contribution is 7.88. The Morgan fingerprint density at radius 2 is 1.76 bits per heavy atom. The lowest BCUT2D eigenvalue weighted by molar-refractivity contribution is 0.220. The molecule has 5 nitrogen and oxygen atoms in total. The van der Waals surface area contributed by atoms with Crippen molar-refractivity contribution in [2.45, 2.75) is 25.1 Å². The van der Waals surface area contributed by atoms with Gasteiger partial charge in [-0.15, -0.1) is 0 Å². The number of nitrogens with one attached hydrogen (secondary N) is 1. The summed E-state index contributed by atoms with van der Waals surface area (Å²) in [5.41, 5.74) is 7.34. The first-order valence-corrected chi connectivity index (χ1v) is 9.07. The van der Waals surface area contributed by atoms with Gasteiger partial charge in [-0.3, -0.25) is 0 Å². The van der Waals surface area contributed by atoms with Crippen molar-refractivity contribution in [3.05, 3.63) is 35.4 Å². The van der Waals surface area contributed by atoms with Crippen molar-refractivity contribution in [2.75, 3.05) is 26.7 Å². The van der Waals surface area contributed by atoms with Gasteiger partial charge in [0.1, 0.15) is 0 Å². The normalized spacial score (nSPS) is 18.0. The van der Waals surface area contributed by atoms with Crippen molar-refractivity contribution in [3.63, 3.8) is 0 Å². The molecule has 1 aromatic carbocycles. The molecule has 0 bridgehead atoms. The van der Waals surface area contributed by atoms with E-state index in [4.69, 9.17) is 5.73 Å². The Labute approximate surface area is 127 Å². The Hall–Kier alpha value is -0.950. The number of hydrogen-bond acceptors (Lipinski definition) is 4. The topological polar surface area (TPSA) is 75.4 Å². The molecule has 21 heavy (non-hydrogen) atoms. The number of piperidine rings is 1. The summed E-state index contributed by atoms with van der Waals surface area (Å²) in [5, 5.41) is 0. The molecule has 0 amide bonds. The molecule has 0 aliphatic carbocycles. The van der Waals surface area contributed by atoms with E-state index in [1.165, 1.54) is 0 Å². The molecule has 0 radical (unpaired) electrons. The minimum Gasteiger partial charge on any atom is -0.326 e. The number of nitrogens with two attached hydrogens (primary N) is 1. The fourth-order valence-corrected chi connectivity index (χ4v) is 3.78. The Bertz CT molecular complexity index is 535. The van der Waals surface area contributed by atoms with Crippen LogP contribution in [0.2, 0.25) is 0 Å². The summed E-state index contributed by atoms with van der Waals surface area (Å²) >= 11 is 0. The van der Waals surface area contributed by atoms with Crippen molar-refractivity contribution < 1.29 is 8.42 Å². The lowest BCUT2D eigenvalue weighted by Gasteiger charge is -2.28. The molecule has 3 N–H and O–H groups in total. The standard InChI is InChI=1S/C15H25N3O2S/c1-18-8-6-14(7-9-18)11-17-21(19,20)12-15-4-2-13(10-16)3-5-15/h2-5,14,17H,6-12,16H2,1H3. The van der Waals surface area contributed by atoms with E-state index in [2.05, 4.69) is 16.7 Å². The van der Waals surface area contributed by atoms with Gasteiger partial charge in [-0.05, 0) is 50.0 Å². The van der Waals surface area contributed by atoms with Gasteiger partial charge in [-0.2, -0.15) is 0 Å². The highest BCUT2D eigenvalue weighted by Gasteiger charge is 2.19. The first kappa shape index (κ1) is 16.4. The van der Waals surface area contributed by atoms with E-state index in [0.717, 1.165) is 37.1 Å². The molecule has 0 spiro atoms. The van der Waals surface area contributed by atoms with Gasteiger partial charge in [-0.1, -0.05) is 24.3 Å². The molecule has 0 atom stereocenters. The van der Waals surface area contributed by atoms with Gasteiger partial charge in [-0.25, -0.2) is 13.1 Å². The quantitative estimate of drug-likeness (QED) is 0.819. The van der Waals surface area contributed by atoms with Gasteiger partial charge in [0.15, 0.2) is 0 Å². The van der Waals surface area contributed by atoms with Crippen LogP contribution >= 0.6 is 0 Å². The fourth-order valence-electron chi connectivity index (χ4n) is 2.55. The number of likely N-dealkylation sites (tertiary alicyclic amines) is 1. The Morgan fingerprint density at radius 3 is 2.33 bits per heavy atom. The van der Waals surface area contributed by atoms with Crippen molar-refractivity contribution in [1.82, 2.24) is 9.62 Å². The molecule has 6 heteroatoms. The third-order valence-corrected chi connectivity index (χ3v) is 5.37. The summed E-state index contributed by atoms with van der Waals surface area (Å²) in [5.74, 6) is 0.486. The predicted molar refractivity (Wildman–Crippen MR) is 85.2 cm³/mol. The van der Waals surface area contributed by atoms with Crippen LogP contribution in [0.4, 0.5) is 0 Å². The number of sulfonamides is 1. The maximum absolute atomic E-state index is 12.1. The van der Waals surface area contributed by atoms with Crippen LogP contribution in [0.25, 0.3) is 0 Å². The molecule has 1 aliphatic rings. The molecule has 1 heterocycles. The SMILES string of the molecule is CN1CCC(CNS(=O)(=O)Cc2ccc(CN)cc2)CC1. The van der Waals surface area contributed by atoms with Crippen LogP contribution in [0.5, 0.6) is 0 Å². The van der Waals surface area contributed by atoms with Crippen molar-refractivity contribution in [1.29, 1.82) is 0 Å². The smallest absolute Gasteiger partial charge is 0.215 e. The number of nitrogens with zero attached hydrogens (tertiary/aromatic N) is 1. The molecule has 0 aromatic heterocycles. The van der Waals surface area contributed by atoms with Crippen LogP contribution in [-0.2, 0) is 22.3 Å². The molecular formula is C15H25N3O2S. The van der Waals surface area contributed by atoms with Crippen molar-refractivity contribution in [2.24, 2.45) is 11.7 Å². The van der Waals surface area contributed by atoms with E-state index in [1.807, 2.05) is 24.3 Å². The highest BCUT2D eigenvalue weighted by atomic mass is 32.2. The third kappa shape index (κ3) is 5.39. The second kappa shape index (κ2) is 7.35. The van der Waals surface area contributed by atoms with Crippen molar-refractivity contribution in [3.8, 4) is 0 Å². The van der Waals surface area contributed by atoms with E-state index in [9.17, 15) is 8.42 Å². The van der Waals surface area contributed by atoms with Crippen LogP contribution in [-0.4, -0.2) is 40.0 Å². The Kier molecular flexibility index (Phi) is 5.75. The minimum absolute atomic E-state index is 0.0322. The first-order chi connectivity index (χ1) is 9.98. The molecule has 0 saturated carbocycles. The van der Waals surface area contributed by atoms with Gasteiger partial charge in [0.25, 0.3) is 0 Å². The molecule has 118 valence electrons. The third-order valence-electron chi connectivity index (χ3n) is 4.05. The second-order valence-corrected chi connectivity index (χ2v) is 7.68. The zero-order valence-corrected chi connectivity index (χ0v) is 13.4. The van der Waals surface area contributed by atoms with Crippen LogP contribution in [0.15, 0.2) is 24.3 Å². The van der Waals surface area contributed by atoms with Gasteiger partial charge in [0, 0.05) is 13.1 Å². The Balaban J connectivity index is 1.83. The monoisotopic (exact) mass is 311 g/mol. The highest BCUT2D eigenvalue weighted by Crippen LogP contribution is 2.15. The van der Waals surface area contributed by atoms with E-state index in [0.29, 0.717) is 19.0 Å². The summed E-state index contributed by atoms with van der Waals surface area (Å²) in [6, 6.07) is 7.41. The summed E-state index contributed by atoms with van der Waals surface area (Å²) in [6.45, 7) is 3.12. The number of hydrogen-bond donors (Lipinski definition) is 2. The Morgan fingerprint density at radius 1 is 1.19 bits per heavy atom. The van der Waals surface area contributed by atoms with E-state index >= 15 is 0 Å². The fraction of sp³-hybridized carbons (Fsp3) is 0.600. The van der Waals surface area contributed by atoms with E-state index in [1.54, 1.807) is 0 Å². The van der Waals surface area contributed by atoms with Gasteiger partial charge >= 0.3 is 0 Å². The number of benzene rings is 1. The van der Waals surface area contributed by atoms with Gasteiger partial charge in [0.05, 0.1) is 5.75 Å². The zero-order valence-electron chi connectivity index (χ0n) is 12.6. The predicted octanol–water partition coefficient (Wildman–Crippen LogP) is 0.907. The molecule has 0 unspecified atom stereocenters. The summed E-state index contributed by atoms with van der Waals surface area (Å²) in [4.78, 5) is 2.28. The molecule has 2 rings (SSSR count). The van der Waals surface area contributed by atoms with Crippen LogP contribution in [0, 0.1) is 5.92 Å². The summed E-state index contributed by atoms with van der Waals surface area (Å²) in [6.07, 6.45) is 2.12. The van der Waals surface area contributed by atoms with Crippen LogP contribution in [0.3, 0.4) is 0 Å². The maximum Gasteiger partial charge on any atom is 0.215 e. The lowest BCUT2D eigenvalue weighted by atomic mass is 9.98. The summed E-state index contributed by atoms with van der Waals surface area (Å²) < 4.78 is 27.0. The molecular weight excluding hydrogens is 286 g/mol. The van der Waals surface area contributed by atoms with Crippen molar-refractivity contribution >= 4 is 10.0 Å². The molecule has 1 saturated heterocycles. The first-order valence-electron chi connectivity index (χ1n) is 7.42. The largest absolute Gasteiger partial charge is 0.326 e. The summed E-state index contributed by atoms with van der Waals surface area (Å²) in [7, 11) is -1.16. The number of rotatable bonds is 6. The maximum atomic E-state index is 12.1. The average molecular weight is 311 g/mol. The molecule has 1 aliphatic heterocycles. The lowest BCUT2D eigenvalue weighted by Crippen LogP contribution is -2.37. The average Bonchev–Trinajstić information content (AvgIpc) is 2.47. The van der Waals surface area contributed by atoms with Gasteiger partial charge in [0.2, 0.25) is 10.0 Å². The minimum atomic E-state index is -3.26. The second-order valence-electron chi connectivity index (χ2n) is 5.87. The molecule has 1 aromatic rings. The van der Waals surface area contributed by atoms with Crippen LogP contribution < -0.4 is 10.5 Å². The zero-order chi connectivity index (χ0) is 15.3. The van der Waals surface area contributed by atoms with Crippen LogP contribution in [0.1, 0.15) is 24.0 Å². The molecule has 1 fully saturated rings. The van der Waals surface area contributed by atoms with E-state index in [-0.39, 0.29) is 5.75 Å². The van der Waals surface area contributed by atoms with E-state index < -0.39 is 10.0 Å². The van der Waals surface area contributed by atoms with Gasteiger partial charge < -0.3 is 10.6 Å².